The second-order valence-corrected chi connectivity index (χ2v) is 14.1. The largest absolute Gasteiger partial charge is 0.493 e. The molecule has 4 aromatic rings. The van der Waals surface area contributed by atoms with E-state index in [1.165, 1.54) is 36.6 Å². The monoisotopic (exact) mass is 808 g/mol. The minimum Gasteiger partial charge on any atom is -0.493 e. The molecule has 0 radical (unpaired) electrons. The van der Waals surface area contributed by atoms with Crippen LogP contribution in [0.15, 0.2) is 109 Å². The summed E-state index contributed by atoms with van der Waals surface area (Å²) in [6, 6.07) is 19.9. The van der Waals surface area contributed by atoms with E-state index in [1.54, 1.807) is 38.1 Å². The fourth-order valence-corrected chi connectivity index (χ4v) is 5.96. The molecule has 0 atom stereocenters. The molecule has 0 unspecified atom stereocenters. The Morgan fingerprint density at radius 2 is 1.10 bits per heavy atom. The highest BCUT2D eigenvalue weighted by atomic mass is 19.1. The smallest absolute Gasteiger partial charge is 0.336 e. The maximum absolute atomic E-state index is 14.7. The normalized spacial score (nSPS) is 12.4. The predicted octanol–water partition coefficient (Wildman–Crippen LogP) is 9.69. The second-order valence-electron chi connectivity index (χ2n) is 14.1. The highest BCUT2D eigenvalue weighted by Crippen LogP contribution is 2.50. The molecule has 10 nitrogen and oxygen atoms in total. The number of halogens is 2. The molecular weight excluding hydrogens is 763 g/mol. The SMILES string of the molecule is C=C(C)C(=O)OCCCOc1ccc(C=COCOc2ccc3c(c2)C(C)(C)c2cc(OC(=O)C=Cc4ccc(OCCCOC(=O)C(=C)C)cc4F)ccc2-3)c(F)c1. The molecule has 0 heterocycles. The Balaban J connectivity index is 1.08. The third-order valence-corrected chi connectivity index (χ3v) is 9.10. The van der Waals surface area contributed by atoms with Crippen LogP contribution in [0.4, 0.5) is 8.78 Å². The van der Waals surface area contributed by atoms with Crippen LogP contribution in [-0.2, 0) is 34.0 Å². The van der Waals surface area contributed by atoms with Gasteiger partial charge in [0.2, 0.25) is 6.79 Å². The first-order valence-corrected chi connectivity index (χ1v) is 18.8. The lowest BCUT2D eigenvalue weighted by atomic mass is 9.82. The molecule has 0 aliphatic heterocycles. The van der Waals surface area contributed by atoms with Crippen LogP contribution in [0.5, 0.6) is 23.0 Å². The maximum Gasteiger partial charge on any atom is 0.336 e. The molecule has 1 aliphatic carbocycles. The van der Waals surface area contributed by atoms with Crippen LogP contribution >= 0.6 is 0 Å². The Kier molecular flexibility index (Phi) is 14.8. The summed E-state index contributed by atoms with van der Waals surface area (Å²) in [5.74, 6) is -1.13. The van der Waals surface area contributed by atoms with Crippen molar-refractivity contribution in [2.45, 2.75) is 46.0 Å². The first-order valence-electron chi connectivity index (χ1n) is 18.8. The summed E-state index contributed by atoms with van der Waals surface area (Å²) in [4.78, 5) is 35.6. The van der Waals surface area contributed by atoms with Gasteiger partial charge in [0.05, 0.1) is 32.7 Å². The van der Waals surface area contributed by atoms with Crippen molar-refractivity contribution in [1.29, 1.82) is 0 Å². The lowest BCUT2D eigenvalue weighted by Gasteiger charge is -2.22. The minimum atomic E-state index is -0.673. The molecule has 1 aliphatic rings. The zero-order valence-electron chi connectivity index (χ0n) is 33.4. The van der Waals surface area contributed by atoms with Gasteiger partial charge >= 0.3 is 17.9 Å². The Hall–Kier alpha value is -6.69. The lowest BCUT2D eigenvalue weighted by Crippen LogP contribution is -2.15. The van der Waals surface area contributed by atoms with E-state index in [9.17, 15) is 23.2 Å². The number of carbonyl (C=O) groups is 3. The molecule has 12 heteroatoms. The van der Waals surface area contributed by atoms with Gasteiger partial charge in [-0.15, -0.1) is 0 Å². The van der Waals surface area contributed by atoms with Crippen molar-refractivity contribution in [3.8, 4) is 34.1 Å². The zero-order valence-corrected chi connectivity index (χ0v) is 33.4. The Morgan fingerprint density at radius 1 is 0.627 bits per heavy atom. The molecule has 0 bridgehead atoms. The van der Waals surface area contributed by atoms with Crippen molar-refractivity contribution >= 4 is 30.1 Å². The molecule has 0 aromatic heterocycles. The Labute approximate surface area is 342 Å². The highest BCUT2D eigenvalue weighted by molar-refractivity contribution is 5.89. The molecule has 0 saturated carbocycles. The number of hydrogen-bond acceptors (Lipinski definition) is 10. The zero-order chi connectivity index (χ0) is 42.5. The molecular formula is C47H46F2O10. The van der Waals surface area contributed by atoms with E-state index in [4.69, 9.17) is 33.2 Å². The molecule has 0 saturated heterocycles. The summed E-state index contributed by atoms with van der Waals surface area (Å²) in [5, 5.41) is 0. The first kappa shape index (κ1) is 43.4. The number of ether oxygens (including phenoxy) is 7. The van der Waals surface area contributed by atoms with Crippen LogP contribution in [0.3, 0.4) is 0 Å². The second kappa shape index (κ2) is 20.1. The van der Waals surface area contributed by atoms with Gasteiger partial charge in [-0.05, 0) is 96.8 Å². The topological polar surface area (TPSA) is 116 Å². The van der Waals surface area contributed by atoms with E-state index < -0.39 is 35.0 Å². The quantitative estimate of drug-likeness (QED) is 0.0214. The van der Waals surface area contributed by atoms with E-state index in [0.29, 0.717) is 52.5 Å². The van der Waals surface area contributed by atoms with Crippen LogP contribution in [0, 0.1) is 11.6 Å². The van der Waals surface area contributed by atoms with E-state index >= 15 is 0 Å². The van der Waals surface area contributed by atoms with Crippen molar-refractivity contribution in [2.24, 2.45) is 0 Å². The van der Waals surface area contributed by atoms with Crippen molar-refractivity contribution in [3.05, 3.63) is 143 Å². The maximum atomic E-state index is 14.7. The van der Waals surface area contributed by atoms with Crippen molar-refractivity contribution in [3.63, 3.8) is 0 Å². The average molecular weight is 809 g/mol. The van der Waals surface area contributed by atoms with Crippen molar-refractivity contribution in [2.75, 3.05) is 33.2 Å². The molecule has 4 aromatic carbocycles. The summed E-state index contributed by atoms with van der Waals surface area (Å²) >= 11 is 0. The summed E-state index contributed by atoms with van der Waals surface area (Å²) in [7, 11) is 0. The standard InChI is InChI=1S/C47H46F2O10/c1-30(2)45(51)56-22-7-20-54-35-12-9-32(42(48)27-35)11-18-44(50)59-37-15-17-39-38-16-14-34(25-40(38)47(5,6)41(39)26-37)58-29-53-24-19-33-10-13-36(28-43(33)49)55-21-8-23-57-46(52)31(3)4/h9-19,24-28H,1,3,7-8,20-23,29H2,2,4-6H3. The highest BCUT2D eigenvalue weighted by Gasteiger charge is 2.36. The first-order chi connectivity index (χ1) is 28.2. The van der Waals surface area contributed by atoms with Crippen molar-refractivity contribution in [1.82, 2.24) is 0 Å². The fraction of sp³-hybridized carbons (Fsp3) is 0.255. The van der Waals surface area contributed by atoms with Crippen LogP contribution in [0.25, 0.3) is 23.3 Å². The molecule has 5 rings (SSSR count). The third kappa shape index (κ3) is 11.9. The van der Waals surface area contributed by atoms with E-state index in [2.05, 4.69) is 27.0 Å². The van der Waals surface area contributed by atoms with Gasteiger partial charge in [-0.3, -0.25) is 0 Å². The molecule has 308 valence electrons. The van der Waals surface area contributed by atoms with Crippen LogP contribution < -0.4 is 18.9 Å². The Morgan fingerprint density at radius 3 is 1.63 bits per heavy atom. The molecule has 0 spiro atoms. The number of benzene rings is 4. The fourth-order valence-electron chi connectivity index (χ4n) is 5.96. The van der Waals surface area contributed by atoms with Gasteiger partial charge in [0.25, 0.3) is 0 Å². The minimum absolute atomic E-state index is 0.118. The van der Waals surface area contributed by atoms with E-state index in [-0.39, 0.29) is 38.8 Å². The van der Waals surface area contributed by atoms with Gasteiger partial charge < -0.3 is 33.2 Å². The predicted molar refractivity (Wildman–Crippen MR) is 219 cm³/mol. The Bertz CT molecular complexity index is 2270. The van der Waals surface area contributed by atoms with Crippen molar-refractivity contribution < 1.29 is 56.3 Å². The van der Waals surface area contributed by atoms with Crippen LogP contribution in [0.2, 0.25) is 0 Å². The van der Waals surface area contributed by atoms with Crippen LogP contribution in [0.1, 0.15) is 62.8 Å². The summed E-state index contributed by atoms with van der Waals surface area (Å²) in [5.41, 5.74) is 4.61. The van der Waals surface area contributed by atoms with Gasteiger partial charge in [-0.25, -0.2) is 23.2 Å². The molecule has 0 N–H and O–H groups in total. The number of fused-ring (bicyclic) bond motifs is 3. The number of carbonyl (C=O) groups excluding carboxylic acids is 3. The number of hydrogen-bond donors (Lipinski definition) is 0. The van der Waals surface area contributed by atoms with E-state index in [0.717, 1.165) is 28.3 Å². The third-order valence-electron chi connectivity index (χ3n) is 9.10. The van der Waals surface area contributed by atoms with Gasteiger partial charge in [0.1, 0.15) is 34.6 Å². The van der Waals surface area contributed by atoms with Gasteiger partial charge in [-0.2, -0.15) is 0 Å². The number of esters is 3. The summed E-state index contributed by atoms with van der Waals surface area (Å²) in [6.07, 6.45) is 6.19. The summed E-state index contributed by atoms with van der Waals surface area (Å²) < 4.78 is 67.4. The molecule has 0 fully saturated rings. The average Bonchev–Trinajstić information content (AvgIpc) is 3.42. The number of rotatable bonds is 20. The van der Waals surface area contributed by atoms with Gasteiger partial charge in [0, 0.05) is 58.7 Å². The molecule has 0 amide bonds. The van der Waals surface area contributed by atoms with Gasteiger partial charge in [0.15, 0.2) is 0 Å². The lowest BCUT2D eigenvalue weighted by molar-refractivity contribution is -0.140. The summed E-state index contributed by atoms with van der Waals surface area (Å²) in [6.45, 7) is 15.0. The van der Waals surface area contributed by atoms with E-state index in [1.807, 2.05) is 30.3 Å². The van der Waals surface area contributed by atoms with Gasteiger partial charge in [-0.1, -0.05) is 39.1 Å². The molecule has 59 heavy (non-hydrogen) atoms. The van der Waals surface area contributed by atoms with Crippen LogP contribution in [-0.4, -0.2) is 51.1 Å².